The number of H-pyrrole nitrogens is 1. The first kappa shape index (κ1) is 18.8. The number of aromatic amines is 1. The van der Waals surface area contributed by atoms with Crippen LogP contribution >= 0.6 is 0 Å². The highest BCUT2D eigenvalue weighted by molar-refractivity contribution is 5.97. The molecule has 1 heterocycles. The molecule has 0 saturated heterocycles. The monoisotopic (exact) mass is 384 g/mol. The number of benzene rings is 2. The smallest absolute Gasteiger partial charge is 0.328 e. The van der Waals surface area contributed by atoms with Crippen LogP contribution in [-0.4, -0.2) is 25.5 Å². The zero-order valence-corrected chi connectivity index (χ0v) is 14.8. The molecule has 1 amide bonds. The molecular weight excluding hydrogens is 368 g/mol. The molecule has 0 radical (unpaired) electrons. The maximum atomic E-state index is 12.4. The minimum absolute atomic E-state index is 0.141. The normalized spacial score (nSPS) is 10.8. The number of nitro groups is 1. The Hall–Kier alpha value is -3.95. The minimum Gasteiger partial charge on any atom is -0.508 e. The van der Waals surface area contributed by atoms with E-state index in [2.05, 4.69) is 10.3 Å². The van der Waals surface area contributed by atoms with E-state index in [1.807, 2.05) is 0 Å². The lowest BCUT2D eigenvalue weighted by atomic mass is 10.1. The van der Waals surface area contributed by atoms with Crippen molar-refractivity contribution >= 4 is 22.5 Å². The number of nitrogens with one attached hydrogen (secondary N) is 2. The number of fused-ring (bicyclic) bond motifs is 1. The number of nitro benzene ring substituents is 1. The minimum atomic E-state index is -0.604. The van der Waals surface area contributed by atoms with Crippen LogP contribution in [0.3, 0.4) is 0 Å². The molecule has 3 N–H and O–H groups in total. The molecule has 144 valence electrons. The number of aromatic nitrogens is 2. The van der Waals surface area contributed by atoms with Crippen molar-refractivity contribution in [3.05, 3.63) is 78.5 Å². The number of rotatable bonds is 5. The van der Waals surface area contributed by atoms with Crippen molar-refractivity contribution in [2.45, 2.75) is 20.0 Å². The molecule has 0 atom stereocenters. The van der Waals surface area contributed by atoms with Crippen molar-refractivity contribution in [1.29, 1.82) is 0 Å². The van der Waals surface area contributed by atoms with Gasteiger partial charge in [0.1, 0.15) is 5.75 Å². The van der Waals surface area contributed by atoms with Crippen LogP contribution in [0, 0.1) is 10.1 Å². The van der Waals surface area contributed by atoms with Gasteiger partial charge in [-0.25, -0.2) is 4.79 Å². The molecule has 0 saturated carbocycles. The summed E-state index contributed by atoms with van der Waals surface area (Å²) in [5, 5.41) is 23.4. The van der Waals surface area contributed by atoms with Gasteiger partial charge in [0, 0.05) is 36.3 Å². The fourth-order valence-corrected chi connectivity index (χ4v) is 2.79. The molecule has 1 aromatic heterocycles. The summed E-state index contributed by atoms with van der Waals surface area (Å²) in [6, 6.07) is 7.76. The summed E-state index contributed by atoms with van der Waals surface area (Å²) in [6.07, 6.45) is 0. The molecule has 0 aliphatic heterocycles. The van der Waals surface area contributed by atoms with E-state index in [-0.39, 0.29) is 46.6 Å². The molecule has 10 heteroatoms. The average molecular weight is 384 g/mol. The molecule has 0 spiro atoms. The SMILES string of the molecule is CCn1c(=O)[nH]c2cc(C(=O)NCc3cc([N+](=O)[O-])ccc3O)ccc2c1=O. The summed E-state index contributed by atoms with van der Waals surface area (Å²) in [5.74, 6) is -0.720. The summed E-state index contributed by atoms with van der Waals surface area (Å²) in [4.78, 5) is 49.4. The van der Waals surface area contributed by atoms with Crippen LogP contribution in [0.15, 0.2) is 46.0 Å². The van der Waals surface area contributed by atoms with Crippen LogP contribution in [-0.2, 0) is 13.1 Å². The first-order chi connectivity index (χ1) is 13.3. The van der Waals surface area contributed by atoms with Gasteiger partial charge < -0.3 is 15.4 Å². The third kappa shape index (κ3) is 3.47. The predicted octanol–water partition coefficient (Wildman–Crippen LogP) is 1.25. The summed E-state index contributed by atoms with van der Waals surface area (Å²) in [6.45, 7) is 1.75. The largest absolute Gasteiger partial charge is 0.508 e. The van der Waals surface area contributed by atoms with Gasteiger partial charge in [0.05, 0.1) is 15.8 Å². The topological polar surface area (TPSA) is 147 Å². The van der Waals surface area contributed by atoms with Crippen LogP contribution < -0.4 is 16.6 Å². The van der Waals surface area contributed by atoms with E-state index < -0.39 is 22.1 Å². The van der Waals surface area contributed by atoms with Gasteiger partial charge in [-0.2, -0.15) is 0 Å². The summed E-state index contributed by atoms with van der Waals surface area (Å²) in [7, 11) is 0. The van der Waals surface area contributed by atoms with E-state index in [9.17, 15) is 29.6 Å². The number of phenols is 1. The van der Waals surface area contributed by atoms with E-state index >= 15 is 0 Å². The number of non-ortho nitro benzene ring substituents is 1. The Labute approximate surface area is 157 Å². The lowest BCUT2D eigenvalue weighted by Gasteiger charge is -2.08. The zero-order chi connectivity index (χ0) is 20.4. The van der Waals surface area contributed by atoms with Gasteiger partial charge in [0.25, 0.3) is 17.2 Å². The molecule has 0 unspecified atom stereocenters. The number of nitrogens with zero attached hydrogens (tertiary/aromatic N) is 2. The van der Waals surface area contributed by atoms with Crippen molar-refractivity contribution in [3.8, 4) is 5.75 Å². The van der Waals surface area contributed by atoms with Crippen molar-refractivity contribution in [2.24, 2.45) is 0 Å². The first-order valence-electron chi connectivity index (χ1n) is 8.33. The van der Waals surface area contributed by atoms with Gasteiger partial charge in [0.2, 0.25) is 0 Å². The molecule has 28 heavy (non-hydrogen) atoms. The van der Waals surface area contributed by atoms with Gasteiger partial charge in [-0.05, 0) is 31.2 Å². The number of hydrogen-bond acceptors (Lipinski definition) is 6. The number of amides is 1. The van der Waals surface area contributed by atoms with Crippen LogP contribution in [0.5, 0.6) is 5.75 Å². The predicted molar refractivity (Wildman–Crippen MR) is 100 cm³/mol. The molecule has 3 aromatic rings. The molecule has 0 aliphatic carbocycles. The van der Waals surface area contributed by atoms with Gasteiger partial charge >= 0.3 is 5.69 Å². The van der Waals surface area contributed by atoms with E-state index in [0.717, 1.165) is 10.6 Å². The summed E-state index contributed by atoms with van der Waals surface area (Å²) >= 11 is 0. The second kappa shape index (κ2) is 7.35. The summed E-state index contributed by atoms with van der Waals surface area (Å²) < 4.78 is 1.05. The van der Waals surface area contributed by atoms with E-state index in [4.69, 9.17) is 0 Å². The highest BCUT2D eigenvalue weighted by Crippen LogP contribution is 2.22. The van der Waals surface area contributed by atoms with Crippen LogP contribution in [0.1, 0.15) is 22.8 Å². The molecule has 10 nitrogen and oxygen atoms in total. The zero-order valence-electron chi connectivity index (χ0n) is 14.8. The molecule has 2 aromatic carbocycles. The summed E-state index contributed by atoms with van der Waals surface area (Å²) in [5.41, 5.74) is -0.638. The second-order valence-corrected chi connectivity index (χ2v) is 5.99. The Bertz CT molecular complexity index is 1210. The lowest BCUT2D eigenvalue weighted by molar-refractivity contribution is -0.384. The first-order valence-corrected chi connectivity index (χ1v) is 8.33. The second-order valence-electron chi connectivity index (χ2n) is 5.99. The fraction of sp³-hybridized carbons (Fsp3) is 0.167. The fourth-order valence-electron chi connectivity index (χ4n) is 2.79. The lowest BCUT2D eigenvalue weighted by Crippen LogP contribution is -2.34. The molecule has 0 aliphatic rings. The molecule has 3 rings (SSSR count). The molecule has 0 bridgehead atoms. The third-order valence-corrected chi connectivity index (χ3v) is 4.27. The van der Waals surface area contributed by atoms with Gasteiger partial charge in [0.15, 0.2) is 0 Å². The third-order valence-electron chi connectivity index (χ3n) is 4.27. The number of carbonyl (C=O) groups is 1. The van der Waals surface area contributed by atoms with Gasteiger partial charge in [-0.1, -0.05) is 0 Å². The molecule has 0 fully saturated rings. The van der Waals surface area contributed by atoms with Crippen molar-refractivity contribution in [2.75, 3.05) is 0 Å². The van der Waals surface area contributed by atoms with Crippen molar-refractivity contribution in [1.82, 2.24) is 14.9 Å². The van der Waals surface area contributed by atoms with E-state index in [1.165, 1.54) is 30.3 Å². The highest BCUT2D eigenvalue weighted by Gasteiger charge is 2.13. The van der Waals surface area contributed by atoms with E-state index in [1.54, 1.807) is 6.92 Å². The Balaban J connectivity index is 1.86. The highest BCUT2D eigenvalue weighted by atomic mass is 16.6. The maximum absolute atomic E-state index is 12.4. The van der Waals surface area contributed by atoms with Crippen molar-refractivity contribution < 1.29 is 14.8 Å². The quantitative estimate of drug-likeness (QED) is 0.445. The van der Waals surface area contributed by atoms with Crippen LogP contribution in [0.2, 0.25) is 0 Å². The Kier molecular flexibility index (Phi) is 4.94. The number of aromatic hydroxyl groups is 1. The standard InChI is InChI=1S/C18H16N4O6/c1-2-21-17(25)13-5-3-10(8-14(13)20-18(21)26)16(24)19-9-11-7-12(22(27)28)4-6-15(11)23/h3-8,23H,2,9H2,1H3,(H,19,24)(H,20,26). The Morgan fingerprint density at radius 2 is 2.00 bits per heavy atom. The number of phenolic OH excluding ortho intramolecular Hbond substituents is 1. The van der Waals surface area contributed by atoms with E-state index in [0.29, 0.717) is 0 Å². The maximum Gasteiger partial charge on any atom is 0.328 e. The Morgan fingerprint density at radius 3 is 2.68 bits per heavy atom. The molecular formula is C18H16N4O6. The van der Waals surface area contributed by atoms with Crippen molar-refractivity contribution in [3.63, 3.8) is 0 Å². The Morgan fingerprint density at radius 1 is 1.25 bits per heavy atom. The number of hydrogen-bond donors (Lipinski definition) is 3. The van der Waals surface area contributed by atoms with Crippen LogP contribution in [0.4, 0.5) is 5.69 Å². The van der Waals surface area contributed by atoms with Gasteiger partial charge in [-0.3, -0.25) is 24.3 Å². The van der Waals surface area contributed by atoms with Crippen LogP contribution in [0.25, 0.3) is 10.9 Å². The average Bonchev–Trinajstić information content (AvgIpc) is 2.66. The van der Waals surface area contributed by atoms with Gasteiger partial charge in [-0.15, -0.1) is 0 Å². The number of carbonyl (C=O) groups excluding carboxylic acids is 1.